The average Bonchev–Trinajstić information content (AvgIpc) is 2.93. The Hall–Kier alpha value is -1.86. The summed E-state index contributed by atoms with van der Waals surface area (Å²) in [6.45, 7) is 2.70. The monoisotopic (exact) mass is 294 g/mol. The molecule has 6 nitrogen and oxygen atoms in total. The SMILES string of the molecule is Cc1cccc(N(CCCN)S(=O)(=O)c2cn[nH]c2)c1. The minimum Gasteiger partial charge on any atom is -0.330 e. The second-order valence-corrected chi connectivity index (χ2v) is 6.35. The fourth-order valence-electron chi connectivity index (χ4n) is 1.91. The number of anilines is 1. The lowest BCUT2D eigenvalue weighted by molar-refractivity contribution is 0.589. The average molecular weight is 294 g/mol. The molecule has 0 aliphatic rings. The molecule has 1 aromatic carbocycles. The summed E-state index contributed by atoms with van der Waals surface area (Å²) in [6, 6.07) is 7.38. The Balaban J connectivity index is 2.43. The lowest BCUT2D eigenvalue weighted by Crippen LogP contribution is -2.32. The van der Waals surface area contributed by atoms with Crippen molar-refractivity contribution in [2.75, 3.05) is 17.4 Å². The summed E-state index contributed by atoms with van der Waals surface area (Å²) < 4.78 is 26.6. The Morgan fingerprint density at radius 3 is 2.80 bits per heavy atom. The van der Waals surface area contributed by atoms with E-state index >= 15 is 0 Å². The number of rotatable bonds is 6. The third-order valence-electron chi connectivity index (χ3n) is 2.92. The number of nitrogens with one attached hydrogen (secondary N) is 1. The summed E-state index contributed by atoms with van der Waals surface area (Å²) in [5, 5.41) is 6.24. The van der Waals surface area contributed by atoms with E-state index in [9.17, 15) is 8.42 Å². The number of H-pyrrole nitrogens is 1. The Morgan fingerprint density at radius 1 is 1.40 bits per heavy atom. The number of aromatic amines is 1. The molecule has 0 unspecified atom stereocenters. The molecule has 0 saturated heterocycles. The smallest absolute Gasteiger partial charge is 0.267 e. The molecule has 0 aliphatic carbocycles. The minimum atomic E-state index is -3.62. The van der Waals surface area contributed by atoms with Gasteiger partial charge in [0, 0.05) is 12.7 Å². The maximum Gasteiger partial charge on any atom is 0.267 e. The molecular formula is C13H18N4O2S. The number of benzene rings is 1. The van der Waals surface area contributed by atoms with Gasteiger partial charge in [-0.3, -0.25) is 9.40 Å². The molecule has 0 aliphatic heterocycles. The van der Waals surface area contributed by atoms with E-state index in [2.05, 4.69) is 10.2 Å². The third kappa shape index (κ3) is 3.00. The third-order valence-corrected chi connectivity index (χ3v) is 4.71. The van der Waals surface area contributed by atoms with E-state index in [-0.39, 0.29) is 4.90 Å². The Morgan fingerprint density at radius 2 is 2.20 bits per heavy atom. The van der Waals surface area contributed by atoms with E-state index < -0.39 is 10.0 Å². The topological polar surface area (TPSA) is 92.1 Å². The van der Waals surface area contributed by atoms with E-state index in [4.69, 9.17) is 5.73 Å². The van der Waals surface area contributed by atoms with Crippen LogP contribution in [0.15, 0.2) is 41.6 Å². The first-order valence-electron chi connectivity index (χ1n) is 6.34. The molecule has 0 amide bonds. The first-order chi connectivity index (χ1) is 9.55. The maximum atomic E-state index is 12.6. The molecule has 7 heteroatoms. The molecule has 1 aromatic heterocycles. The number of nitrogens with zero attached hydrogens (tertiary/aromatic N) is 2. The summed E-state index contributed by atoms with van der Waals surface area (Å²) in [4.78, 5) is 0.149. The van der Waals surface area contributed by atoms with Gasteiger partial charge < -0.3 is 5.73 Å². The molecule has 2 aromatic rings. The summed E-state index contributed by atoms with van der Waals surface area (Å²) in [6.07, 6.45) is 3.27. The van der Waals surface area contributed by atoms with Crippen LogP contribution in [0, 0.1) is 6.92 Å². The first-order valence-corrected chi connectivity index (χ1v) is 7.78. The van der Waals surface area contributed by atoms with Gasteiger partial charge in [-0.25, -0.2) is 8.42 Å². The van der Waals surface area contributed by atoms with Crippen LogP contribution in [0.25, 0.3) is 0 Å². The largest absolute Gasteiger partial charge is 0.330 e. The predicted molar refractivity (Wildman–Crippen MR) is 78.0 cm³/mol. The van der Waals surface area contributed by atoms with E-state index in [1.54, 1.807) is 6.07 Å². The molecule has 0 bridgehead atoms. The molecule has 0 radical (unpaired) electrons. The van der Waals surface area contributed by atoms with E-state index in [0.717, 1.165) is 5.56 Å². The lowest BCUT2D eigenvalue weighted by atomic mass is 10.2. The van der Waals surface area contributed by atoms with E-state index in [1.165, 1.54) is 16.7 Å². The van der Waals surface area contributed by atoms with Gasteiger partial charge in [0.1, 0.15) is 4.90 Å². The molecule has 1 heterocycles. The van der Waals surface area contributed by atoms with Crippen molar-refractivity contribution in [1.29, 1.82) is 0 Å². The van der Waals surface area contributed by atoms with Gasteiger partial charge in [0.15, 0.2) is 0 Å². The van der Waals surface area contributed by atoms with Gasteiger partial charge in [0.2, 0.25) is 0 Å². The van der Waals surface area contributed by atoms with Crippen molar-refractivity contribution < 1.29 is 8.42 Å². The molecule has 108 valence electrons. The van der Waals surface area contributed by atoms with Crippen LogP contribution in [0.2, 0.25) is 0 Å². The summed E-state index contributed by atoms with van der Waals surface area (Å²) >= 11 is 0. The Kier molecular flexibility index (Phi) is 4.41. The number of hydrogen-bond donors (Lipinski definition) is 2. The molecule has 0 saturated carbocycles. The molecule has 2 rings (SSSR count). The molecular weight excluding hydrogens is 276 g/mol. The number of sulfonamides is 1. The zero-order valence-corrected chi connectivity index (χ0v) is 12.1. The summed E-state index contributed by atoms with van der Waals surface area (Å²) in [5.74, 6) is 0. The molecule has 3 N–H and O–H groups in total. The number of aromatic nitrogens is 2. The Bertz CT molecular complexity index is 653. The predicted octanol–water partition coefficient (Wildman–Crippen LogP) is 1.26. The van der Waals surface area contributed by atoms with E-state index in [1.807, 2.05) is 25.1 Å². The van der Waals surface area contributed by atoms with Crippen LogP contribution in [0.5, 0.6) is 0 Å². The molecule has 0 spiro atoms. The van der Waals surface area contributed by atoms with Crippen LogP contribution in [-0.4, -0.2) is 31.7 Å². The fraction of sp³-hybridized carbons (Fsp3) is 0.308. The van der Waals surface area contributed by atoms with Gasteiger partial charge in [0.05, 0.1) is 11.9 Å². The number of aryl methyl sites for hydroxylation is 1. The quantitative estimate of drug-likeness (QED) is 0.839. The van der Waals surface area contributed by atoms with Crippen molar-refractivity contribution in [1.82, 2.24) is 10.2 Å². The second kappa shape index (κ2) is 6.06. The normalized spacial score (nSPS) is 11.5. The zero-order valence-electron chi connectivity index (χ0n) is 11.3. The van der Waals surface area contributed by atoms with Gasteiger partial charge >= 0.3 is 0 Å². The van der Waals surface area contributed by atoms with Crippen LogP contribution in [0.3, 0.4) is 0 Å². The van der Waals surface area contributed by atoms with Crippen molar-refractivity contribution in [2.45, 2.75) is 18.2 Å². The highest BCUT2D eigenvalue weighted by Crippen LogP contribution is 2.24. The van der Waals surface area contributed by atoms with Crippen molar-refractivity contribution in [3.8, 4) is 0 Å². The molecule has 0 atom stereocenters. The zero-order chi connectivity index (χ0) is 14.6. The van der Waals surface area contributed by atoms with Crippen molar-refractivity contribution >= 4 is 15.7 Å². The van der Waals surface area contributed by atoms with Gasteiger partial charge in [-0.1, -0.05) is 12.1 Å². The van der Waals surface area contributed by atoms with Crippen LogP contribution in [-0.2, 0) is 10.0 Å². The van der Waals surface area contributed by atoms with Gasteiger partial charge in [-0.2, -0.15) is 5.10 Å². The van der Waals surface area contributed by atoms with Crippen molar-refractivity contribution in [3.05, 3.63) is 42.2 Å². The summed E-state index contributed by atoms with van der Waals surface area (Å²) in [5.41, 5.74) is 7.15. The Labute approximate surface area is 118 Å². The highest BCUT2D eigenvalue weighted by Gasteiger charge is 2.25. The number of nitrogens with two attached hydrogens (primary N) is 1. The van der Waals surface area contributed by atoms with Gasteiger partial charge in [-0.15, -0.1) is 0 Å². The first kappa shape index (κ1) is 14.5. The molecule has 0 fully saturated rings. The standard InChI is InChI=1S/C13H18N4O2S/c1-11-4-2-5-12(8-11)17(7-3-6-14)20(18,19)13-9-15-16-10-13/h2,4-5,8-10H,3,6-7,14H2,1H3,(H,15,16). The van der Waals surface area contributed by atoms with Crippen LogP contribution in [0.4, 0.5) is 5.69 Å². The highest BCUT2D eigenvalue weighted by atomic mass is 32.2. The molecule has 20 heavy (non-hydrogen) atoms. The van der Waals surface area contributed by atoms with Crippen molar-refractivity contribution in [3.63, 3.8) is 0 Å². The summed E-state index contributed by atoms with van der Waals surface area (Å²) in [7, 11) is -3.62. The highest BCUT2D eigenvalue weighted by molar-refractivity contribution is 7.92. The number of hydrogen-bond acceptors (Lipinski definition) is 4. The second-order valence-electron chi connectivity index (χ2n) is 4.49. The maximum absolute atomic E-state index is 12.6. The minimum absolute atomic E-state index is 0.149. The van der Waals surface area contributed by atoms with Crippen LogP contribution < -0.4 is 10.0 Å². The van der Waals surface area contributed by atoms with Gasteiger partial charge in [-0.05, 0) is 37.6 Å². The van der Waals surface area contributed by atoms with E-state index in [0.29, 0.717) is 25.2 Å². The lowest BCUT2D eigenvalue weighted by Gasteiger charge is -2.23. The van der Waals surface area contributed by atoms with Crippen molar-refractivity contribution in [2.24, 2.45) is 5.73 Å². The van der Waals surface area contributed by atoms with Crippen LogP contribution in [0.1, 0.15) is 12.0 Å². The van der Waals surface area contributed by atoms with Gasteiger partial charge in [0.25, 0.3) is 10.0 Å². The fourth-order valence-corrected chi connectivity index (χ4v) is 3.32. The van der Waals surface area contributed by atoms with Crippen LogP contribution >= 0.6 is 0 Å².